The smallest absolute Gasteiger partial charge is 0.414 e. The van der Waals surface area contributed by atoms with Crippen molar-refractivity contribution in [2.45, 2.75) is 0 Å². The average molecular weight is 185 g/mol. The molecule has 0 bridgehead atoms. The van der Waals surface area contributed by atoms with Gasteiger partial charge in [0, 0.05) is 16.5 Å². The molecule has 0 aromatic heterocycles. The van der Waals surface area contributed by atoms with Crippen LogP contribution in [0.1, 0.15) is 0 Å². The molecule has 0 fully saturated rings. The normalized spacial score (nSPS) is 4.89. The first kappa shape index (κ1) is 23.8. The van der Waals surface area contributed by atoms with Crippen LogP contribution in [-0.2, 0) is 26.1 Å². The van der Waals surface area contributed by atoms with Gasteiger partial charge in [0.1, 0.15) is 0 Å². The van der Waals surface area contributed by atoms with Crippen LogP contribution in [0, 0.1) is 0 Å². The molecule has 0 heterocycles. The fourth-order valence-electron chi connectivity index (χ4n) is 0. The topological polar surface area (TPSA) is 138 Å². The van der Waals surface area contributed by atoms with Crippen LogP contribution in [0.2, 0.25) is 0 Å². The largest absolute Gasteiger partial charge is 0.473 e. The van der Waals surface area contributed by atoms with Crippen LogP contribution in [-0.4, -0.2) is 33.1 Å². The molecule has 0 atom stereocenters. The van der Waals surface area contributed by atoms with Crippen molar-refractivity contribution >= 4 is 11.9 Å². The summed E-state index contributed by atoms with van der Waals surface area (Å²) in [5.74, 6) is -3.65. The molecule has 0 aromatic carbocycles. The number of carboxylic acid groups (broad SMARTS) is 2. The van der Waals surface area contributed by atoms with Crippen molar-refractivity contribution in [3.63, 3.8) is 0 Å². The summed E-state index contributed by atoms with van der Waals surface area (Å²) < 4.78 is 0. The van der Waals surface area contributed by atoms with Crippen LogP contribution in [0.15, 0.2) is 0 Å². The maximum absolute atomic E-state index is 9.10. The van der Waals surface area contributed by atoms with Gasteiger partial charge in [-0.15, -0.1) is 0 Å². The van der Waals surface area contributed by atoms with E-state index in [1.807, 2.05) is 0 Å². The minimum atomic E-state index is -1.82. The molecule has 0 amide bonds. The van der Waals surface area contributed by atoms with E-state index in [0.717, 1.165) is 0 Å². The summed E-state index contributed by atoms with van der Waals surface area (Å²) in [6.45, 7) is 0. The maximum atomic E-state index is 9.10. The summed E-state index contributed by atoms with van der Waals surface area (Å²) in [4.78, 5) is 18.2. The Balaban J connectivity index is -0.0000000417. The first-order chi connectivity index (χ1) is 2.64. The quantitative estimate of drug-likeness (QED) is 0.318. The summed E-state index contributed by atoms with van der Waals surface area (Å²) in [5, 5.41) is 14.8. The molecule has 0 aliphatic heterocycles. The zero-order valence-electron chi connectivity index (χ0n) is 4.03. The molecule has 0 rings (SSSR count). The average Bonchev–Trinajstić information content (AvgIpc) is 1.36. The van der Waals surface area contributed by atoms with E-state index in [1.165, 1.54) is 0 Å². The predicted molar refractivity (Wildman–Crippen MR) is 22.5 cm³/mol. The standard InChI is InChI=1S/C2H2O4.Ni.2H2O/c3-1(4)2(5)6;;;/h(H,3,4)(H,5,6);;2*1H2. The third kappa shape index (κ3) is 18.7. The number of hydrogen-bond donors (Lipinski definition) is 2. The molecule has 9 heavy (non-hydrogen) atoms. The van der Waals surface area contributed by atoms with Gasteiger partial charge in [0.2, 0.25) is 0 Å². The Morgan fingerprint density at radius 2 is 1.00 bits per heavy atom. The van der Waals surface area contributed by atoms with Crippen molar-refractivity contribution in [2.75, 3.05) is 0 Å². The Morgan fingerprint density at radius 3 is 1.00 bits per heavy atom. The molecule has 0 aliphatic carbocycles. The minimum absolute atomic E-state index is 0. The third-order valence-electron chi connectivity index (χ3n) is 0.183. The Morgan fingerprint density at radius 1 is 0.889 bits per heavy atom. The maximum Gasteiger partial charge on any atom is 0.414 e. The van der Waals surface area contributed by atoms with Gasteiger partial charge in [0.15, 0.2) is 0 Å². The Hall–Kier alpha value is -0.646. The SMILES string of the molecule is O.O.O=C(O)C(=O)O.[Ni]. The second kappa shape index (κ2) is 10.4. The Kier molecular flexibility index (Phi) is 27.4. The molecule has 6 nitrogen and oxygen atoms in total. The fraction of sp³-hybridized carbons (Fsp3) is 0. The summed E-state index contributed by atoms with van der Waals surface area (Å²) >= 11 is 0. The van der Waals surface area contributed by atoms with Crippen molar-refractivity contribution in [2.24, 2.45) is 0 Å². The van der Waals surface area contributed by atoms with Gasteiger partial charge in [-0.1, -0.05) is 0 Å². The molecule has 0 saturated heterocycles. The van der Waals surface area contributed by atoms with Crippen molar-refractivity contribution in [1.82, 2.24) is 0 Å². The zero-order valence-corrected chi connectivity index (χ0v) is 5.01. The zero-order chi connectivity index (χ0) is 5.15. The third-order valence-corrected chi connectivity index (χ3v) is 0.183. The molecule has 0 unspecified atom stereocenters. The van der Waals surface area contributed by atoms with Crippen molar-refractivity contribution in [3.05, 3.63) is 0 Å². The number of hydrogen-bond acceptors (Lipinski definition) is 2. The molecule has 7 heteroatoms. The summed E-state index contributed by atoms with van der Waals surface area (Å²) in [5.41, 5.74) is 0. The van der Waals surface area contributed by atoms with Crippen LogP contribution in [0.4, 0.5) is 0 Å². The minimum Gasteiger partial charge on any atom is -0.473 e. The monoisotopic (exact) mass is 184 g/mol. The number of carbonyl (C=O) groups is 2. The van der Waals surface area contributed by atoms with Crippen LogP contribution in [0.25, 0.3) is 0 Å². The van der Waals surface area contributed by atoms with Gasteiger partial charge in [0.25, 0.3) is 0 Å². The van der Waals surface area contributed by atoms with Crippen LogP contribution in [0.3, 0.4) is 0 Å². The van der Waals surface area contributed by atoms with E-state index in [4.69, 9.17) is 19.8 Å². The van der Waals surface area contributed by atoms with E-state index < -0.39 is 11.9 Å². The second-order valence-corrected chi connectivity index (χ2v) is 0.610. The van der Waals surface area contributed by atoms with Gasteiger partial charge in [-0.3, -0.25) is 0 Å². The van der Waals surface area contributed by atoms with E-state index in [1.54, 1.807) is 0 Å². The van der Waals surface area contributed by atoms with Gasteiger partial charge in [0.05, 0.1) is 0 Å². The number of rotatable bonds is 0. The van der Waals surface area contributed by atoms with Crippen molar-refractivity contribution < 1.29 is 47.2 Å². The van der Waals surface area contributed by atoms with E-state index in [-0.39, 0.29) is 27.4 Å². The van der Waals surface area contributed by atoms with E-state index in [0.29, 0.717) is 0 Å². The molecular weight excluding hydrogens is 179 g/mol. The first-order valence-electron chi connectivity index (χ1n) is 1.11. The van der Waals surface area contributed by atoms with E-state index in [2.05, 4.69) is 0 Å². The second-order valence-electron chi connectivity index (χ2n) is 0.610. The molecule has 6 N–H and O–H groups in total. The van der Waals surface area contributed by atoms with Crippen LogP contribution < -0.4 is 0 Å². The van der Waals surface area contributed by atoms with Gasteiger partial charge >= 0.3 is 11.9 Å². The van der Waals surface area contributed by atoms with Crippen LogP contribution >= 0.6 is 0 Å². The molecule has 0 aliphatic rings. The molecule has 0 aromatic rings. The summed E-state index contributed by atoms with van der Waals surface area (Å²) in [6, 6.07) is 0. The van der Waals surface area contributed by atoms with Crippen LogP contribution in [0.5, 0.6) is 0 Å². The molecule has 0 spiro atoms. The molecular formula is C2H6NiO6. The molecule has 0 saturated carbocycles. The van der Waals surface area contributed by atoms with Gasteiger partial charge < -0.3 is 21.2 Å². The first-order valence-corrected chi connectivity index (χ1v) is 1.11. The van der Waals surface area contributed by atoms with Crippen molar-refractivity contribution in [1.29, 1.82) is 0 Å². The van der Waals surface area contributed by atoms with E-state index >= 15 is 0 Å². The summed E-state index contributed by atoms with van der Waals surface area (Å²) in [6.07, 6.45) is 0. The number of aliphatic carboxylic acids is 2. The molecule has 0 radical (unpaired) electrons. The molecule has 60 valence electrons. The van der Waals surface area contributed by atoms with Gasteiger partial charge in [-0.05, 0) is 0 Å². The Bertz CT molecular complexity index is 77.1. The van der Waals surface area contributed by atoms with Gasteiger partial charge in [-0.2, -0.15) is 0 Å². The predicted octanol–water partition coefficient (Wildman–Crippen LogP) is -2.50. The Labute approximate surface area is 60.0 Å². The summed E-state index contributed by atoms with van der Waals surface area (Å²) in [7, 11) is 0. The number of carboxylic acids is 2. The fourth-order valence-corrected chi connectivity index (χ4v) is 0. The van der Waals surface area contributed by atoms with Gasteiger partial charge in [-0.25, -0.2) is 9.59 Å². The van der Waals surface area contributed by atoms with Crippen molar-refractivity contribution in [3.8, 4) is 0 Å². The van der Waals surface area contributed by atoms with E-state index in [9.17, 15) is 0 Å².